The molecule has 2 nitrogen and oxygen atoms in total. The van der Waals surface area contributed by atoms with Crippen LogP contribution in [0.3, 0.4) is 0 Å². The molecule has 0 aromatic heterocycles. The van der Waals surface area contributed by atoms with E-state index in [4.69, 9.17) is 6.42 Å². The molecule has 1 aliphatic carbocycles. The van der Waals surface area contributed by atoms with Gasteiger partial charge in [-0.1, -0.05) is 25.2 Å². The van der Waals surface area contributed by atoms with Gasteiger partial charge in [0.15, 0.2) is 0 Å². The van der Waals surface area contributed by atoms with Gasteiger partial charge in [0.2, 0.25) is 5.91 Å². The van der Waals surface area contributed by atoms with Gasteiger partial charge >= 0.3 is 0 Å². The quantitative estimate of drug-likeness (QED) is 0.562. The second-order valence-corrected chi connectivity index (χ2v) is 3.81. The van der Waals surface area contributed by atoms with Crippen LogP contribution in [0, 0.1) is 12.3 Å². The number of terminal acetylenes is 1. The first-order valence-electron chi connectivity index (χ1n) is 4.84. The minimum atomic E-state index is -0.288. The van der Waals surface area contributed by atoms with Gasteiger partial charge in [0, 0.05) is 14.0 Å². The Hall–Kier alpha value is -0.970. The predicted molar refractivity (Wildman–Crippen MR) is 53.1 cm³/mol. The van der Waals surface area contributed by atoms with Crippen LogP contribution in [0.1, 0.15) is 39.0 Å². The molecule has 0 unspecified atom stereocenters. The van der Waals surface area contributed by atoms with Crippen molar-refractivity contribution < 1.29 is 4.79 Å². The van der Waals surface area contributed by atoms with Crippen LogP contribution >= 0.6 is 0 Å². The van der Waals surface area contributed by atoms with E-state index in [-0.39, 0.29) is 11.4 Å². The Morgan fingerprint density at radius 1 is 1.38 bits per heavy atom. The first-order valence-corrected chi connectivity index (χ1v) is 4.84. The molecule has 0 heterocycles. The molecule has 1 fully saturated rings. The van der Waals surface area contributed by atoms with Gasteiger partial charge < -0.3 is 4.90 Å². The minimum Gasteiger partial charge on any atom is -0.329 e. The highest BCUT2D eigenvalue weighted by Crippen LogP contribution is 2.32. The van der Waals surface area contributed by atoms with Gasteiger partial charge in [0.25, 0.3) is 0 Å². The fourth-order valence-corrected chi connectivity index (χ4v) is 2.01. The third kappa shape index (κ3) is 1.85. The van der Waals surface area contributed by atoms with Crippen molar-refractivity contribution >= 4 is 5.91 Å². The molecule has 0 aromatic carbocycles. The Morgan fingerprint density at radius 2 is 1.92 bits per heavy atom. The van der Waals surface area contributed by atoms with Gasteiger partial charge in [-0.05, 0) is 12.8 Å². The average molecular weight is 179 g/mol. The second kappa shape index (κ2) is 3.83. The third-order valence-corrected chi connectivity index (χ3v) is 3.06. The van der Waals surface area contributed by atoms with E-state index in [2.05, 4.69) is 5.92 Å². The van der Waals surface area contributed by atoms with Crippen LogP contribution in [0.15, 0.2) is 0 Å². The summed E-state index contributed by atoms with van der Waals surface area (Å²) in [5.74, 6) is 2.87. The van der Waals surface area contributed by atoms with Gasteiger partial charge in [-0.15, -0.1) is 6.42 Å². The third-order valence-electron chi connectivity index (χ3n) is 3.06. The van der Waals surface area contributed by atoms with Crippen molar-refractivity contribution in [1.29, 1.82) is 0 Å². The molecule has 1 amide bonds. The number of amides is 1. The lowest BCUT2D eigenvalue weighted by Crippen LogP contribution is -2.48. The molecule has 0 spiro atoms. The maximum atomic E-state index is 11.2. The van der Waals surface area contributed by atoms with Crippen molar-refractivity contribution in [2.24, 2.45) is 0 Å². The molecule has 72 valence electrons. The molecule has 13 heavy (non-hydrogen) atoms. The molecular formula is C11H17NO. The zero-order valence-electron chi connectivity index (χ0n) is 8.47. The summed E-state index contributed by atoms with van der Waals surface area (Å²) in [7, 11) is 1.81. The Kier molecular flexibility index (Phi) is 2.98. The van der Waals surface area contributed by atoms with Crippen LogP contribution in [0.25, 0.3) is 0 Å². The maximum Gasteiger partial charge on any atom is 0.220 e. The normalized spacial score (nSPS) is 20.4. The highest BCUT2D eigenvalue weighted by atomic mass is 16.2. The summed E-state index contributed by atoms with van der Waals surface area (Å²) in [6.45, 7) is 1.58. The molecule has 0 bridgehead atoms. The minimum absolute atomic E-state index is 0.0693. The molecule has 1 saturated carbocycles. The summed E-state index contributed by atoms with van der Waals surface area (Å²) in [5, 5.41) is 0. The molecular weight excluding hydrogens is 162 g/mol. The summed E-state index contributed by atoms with van der Waals surface area (Å²) in [6, 6.07) is 0. The van der Waals surface area contributed by atoms with Crippen molar-refractivity contribution in [3.8, 4) is 12.3 Å². The molecule has 1 rings (SSSR count). The second-order valence-electron chi connectivity index (χ2n) is 3.81. The highest BCUT2D eigenvalue weighted by molar-refractivity contribution is 5.74. The standard InChI is InChI=1S/C11H17NO/c1-4-11(12(3)10(2)13)8-6-5-7-9-11/h1H,5-9H2,2-3H3. The number of rotatable bonds is 1. The van der Waals surface area contributed by atoms with Crippen molar-refractivity contribution in [3.63, 3.8) is 0 Å². The fraction of sp³-hybridized carbons (Fsp3) is 0.727. The maximum absolute atomic E-state index is 11.2. The predicted octanol–water partition coefficient (Wildman–Crippen LogP) is 1.80. The van der Waals surface area contributed by atoms with Crippen LogP contribution in [-0.2, 0) is 4.79 Å². The van der Waals surface area contributed by atoms with Crippen molar-refractivity contribution in [3.05, 3.63) is 0 Å². The summed E-state index contributed by atoms with van der Waals surface area (Å²) in [6.07, 6.45) is 11.0. The SMILES string of the molecule is C#CC1(N(C)C(C)=O)CCCCC1. The molecule has 0 atom stereocenters. The first-order chi connectivity index (χ1) is 6.12. The van der Waals surface area contributed by atoms with Gasteiger partial charge in [-0.2, -0.15) is 0 Å². The first kappa shape index (κ1) is 10.1. The smallest absolute Gasteiger partial charge is 0.220 e. The number of hydrogen-bond acceptors (Lipinski definition) is 1. The van der Waals surface area contributed by atoms with E-state index < -0.39 is 0 Å². The largest absolute Gasteiger partial charge is 0.329 e. The summed E-state index contributed by atoms with van der Waals surface area (Å²) in [4.78, 5) is 13.0. The van der Waals surface area contributed by atoms with E-state index in [0.29, 0.717) is 0 Å². The topological polar surface area (TPSA) is 20.3 Å². The lowest BCUT2D eigenvalue weighted by Gasteiger charge is -2.40. The van der Waals surface area contributed by atoms with Gasteiger partial charge in [0.1, 0.15) is 5.54 Å². The lowest BCUT2D eigenvalue weighted by molar-refractivity contribution is -0.132. The number of carbonyl (C=O) groups is 1. The van der Waals surface area contributed by atoms with Crippen molar-refractivity contribution in [2.45, 2.75) is 44.6 Å². The van der Waals surface area contributed by atoms with E-state index in [1.54, 1.807) is 11.8 Å². The molecule has 0 radical (unpaired) electrons. The highest BCUT2D eigenvalue weighted by Gasteiger charge is 2.35. The zero-order chi connectivity index (χ0) is 9.90. The van der Waals surface area contributed by atoms with E-state index in [0.717, 1.165) is 25.7 Å². The Bertz CT molecular complexity index is 233. The number of hydrogen-bond donors (Lipinski definition) is 0. The van der Waals surface area contributed by atoms with Crippen LogP contribution in [-0.4, -0.2) is 23.4 Å². The fourth-order valence-electron chi connectivity index (χ4n) is 2.01. The number of carbonyl (C=O) groups excluding carboxylic acids is 1. The van der Waals surface area contributed by atoms with E-state index in [1.807, 2.05) is 7.05 Å². The van der Waals surface area contributed by atoms with Gasteiger partial charge in [0.05, 0.1) is 0 Å². The van der Waals surface area contributed by atoms with Crippen LogP contribution in [0.4, 0.5) is 0 Å². The molecule has 0 saturated heterocycles. The molecule has 0 N–H and O–H groups in total. The van der Waals surface area contributed by atoms with Crippen LogP contribution in [0.2, 0.25) is 0 Å². The number of nitrogens with zero attached hydrogens (tertiary/aromatic N) is 1. The molecule has 0 aliphatic heterocycles. The monoisotopic (exact) mass is 179 g/mol. The summed E-state index contributed by atoms with van der Waals surface area (Å²) >= 11 is 0. The van der Waals surface area contributed by atoms with Crippen LogP contribution < -0.4 is 0 Å². The Labute approximate surface area is 80.3 Å². The van der Waals surface area contributed by atoms with Gasteiger partial charge in [-0.3, -0.25) is 4.79 Å². The Morgan fingerprint density at radius 3 is 2.31 bits per heavy atom. The van der Waals surface area contributed by atoms with Crippen molar-refractivity contribution in [2.75, 3.05) is 7.05 Å². The van der Waals surface area contributed by atoms with E-state index in [1.165, 1.54) is 6.42 Å². The van der Waals surface area contributed by atoms with Crippen LogP contribution in [0.5, 0.6) is 0 Å². The molecule has 1 aliphatic rings. The molecule has 0 aromatic rings. The van der Waals surface area contributed by atoms with Crippen molar-refractivity contribution in [1.82, 2.24) is 4.90 Å². The summed E-state index contributed by atoms with van der Waals surface area (Å²) in [5.41, 5.74) is -0.288. The molecule has 2 heteroatoms. The van der Waals surface area contributed by atoms with E-state index >= 15 is 0 Å². The summed E-state index contributed by atoms with van der Waals surface area (Å²) < 4.78 is 0. The Balaban J connectivity index is 2.80. The average Bonchev–Trinajstić information content (AvgIpc) is 2.17. The van der Waals surface area contributed by atoms with E-state index in [9.17, 15) is 4.79 Å². The zero-order valence-corrected chi connectivity index (χ0v) is 8.47. The van der Waals surface area contributed by atoms with Gasteiger partial charge in [-0.25, -0.2) is 0 Å². The lowest BCUT2D eigenvalue weighted by atomic mass is 9.81.